The Morgan fingerprint density at radius 3 is 2.78 bits per heavy atom. The first-order valence-corrected chi connectivity index (χ1v) is 6.42. The van der Waals surface area contributed by atoms with Crippen LogP contribution >= 0.6 is 0 Å². The third-order valence-corrected chi connectivity index (χ3v) is 3.29. The van der Waals surface area contributed by atoms with Gasteiger partial charge in [-0.05, 0) is 19.5 Å². The van der Waals surface area contributed by atoms with E-state index in [1.807, 2.05) is 11.9 Å². The summed E-state index contributed by atoms with van der Waals surface area (Å²) in [7, 11) is 1.95. The average molecular weight is 247 g/mol. The molecule has 4 heteroatoms. The lowest BCUT2D eigenvalue weighted by molar-refractivity contribution is 0.163. The van der Waals surface area contributed by atoms with Crippen molar-refractivity contribution in [3.8, 4) is 0 Å². The molecule has 98 valence electrons. The smallest absolute Gasteiger partial charge is 0.317 e. The Labute approximate surface area is 108 Å². The second kappa shape index (κ2) is 5.87. The molecule has 0 radical (unpaired) electrons. The Morgan fingerprint density at radius 1 is 1.39 bits per heavy atom. The second-order valence-electron chi connectivity index (χ2n) is 4.98. The van der Waals surface area contributed by atoms with E-state index in [1.165, 1.54) is 11.1 Å². The van der Waals surface area contributed by atoms with Crippen LogP contribution in [0.1, 0.15) is 11.1 Å². The first kappa shape index (κ1) is 12.9. The molecule has 1 heterocycles. The molecule has 2 amide bonds. The van der Waals surface area contributed by atoms with Gasteiger partial charge in [-0.15, -0.1) is 0 Å². The normalized spacial score (nSPS) is 19.8. The van der Waals surface area contributed by atoms with Crippen molar-refractivity contribution >= 4 is 6.03 Å². The topological polar surface area (TPSA) is 44.4 Å². The van der Waals surface area contributed by atoms with Crippen molar-refractivity contribution in [3.05, 3.63) is 35.4 Å². The van der Waals surface area contributed by atoms with Crippen molar-refractivity contribution in [2.45, 2.75) is 13.5 Å². The van der Waals surface area contributed by atoms with Crippen LogP contribution in [0.25, 0.3) is 0 Å². The molecule has 2 rings (SSSR count). The van der Waals surface area contributed by atoms with Gasteiger partial charge in [0.25, 0.3) is 0 Å². The molecule has 0 aromatic heterocycles. The molecule has 1 aliphatic rings. The Morgan fingerprint density at radius 2 is 2.11 bits per heavy atom. The Balaban J connectivity index is 1.98. The number of aryl methyl sites for hydroxylation is 1. The molecule has 0 spiro atoms. The van der Waals surface area contributed by atoms with Gasteiger partial charge >= 0.3 is 6.03 Å². The van der Waals surface area contributed by atoms with E-state index in [1.54, 1.807) is 0 Å². The molecular weight excluding hydrogens is 226 g/mol. The van der Waals surface area contributed by atoms with Gasteiger partial charge in [-0.25, -0.2) is 4.79 Å². The lowest BCUT2D eigenvalue weighted by Gasteiger charge is -2.33. The maximum atomic E-state index is 11.8. The Hall–Kier alpha value is -1.55. The minimum atomic E-state index is 0.0444. The lowest BCUT2D eigenvalue weighted by Crippen LogP contribution is -2.52. The molecule has 1 unspecified atom stereocenters. The van der Waals surface area contributed by atoms with E-state index in [0.717, 1.165) is 19.6 Å². The summed E-state index contributed by atoms with van der Waals surface area (Å²) in [5.41, 5.74) is 2.43. The second-order valence-corrected chi connectivity index (χ2v) is 4.98. The standard InChI is InChI=1S/C14H21N3O/c1-11-3-5-12(6-4-11)9-17-10-13(7-15-2)8-16-14(17)18/h3-6,13,15H,7-10H2,1-2H3,(H,16,18). The van der Waals surface area contributed by atoms with Gasteiger partial charge in [0, 0.05) is 32.1 Å². The quantitative estimate of drug-likeness (QED) is 0.843. The van der Waals surface area contributed by atoms with E-state index < -0.39 is 0 Å². The zero-order valence-electron chi connectivity index (χ0n) is 11.1. The fourth-order valence-electron chi connectivity index (χ4n) is 2.28. The molecule has 1 fully saturated rings. The highest BCUT2D eigenvalue weighted by atomic mass is 16.2. The van der Waals surface area contributed by atoms with Crippen molar-refractivity contribution in [2.75, 3.05) is 26.7 Å². The molecule has 0 bridgehead atoms. The summed E-state index contributed by atoms with van der Waals surface area (Å²) in [4.78, 5) is 13.7. The molecule has 0 aliphatic carbocycles. The van der Waals surface area contributed by atoms with Crippen LogP contribution in [-0.4, -0.2) is 37.6 Å². The number of rotatable bonds is 4. The largest absolute Gasteiger partial charge is 0.338 e. The SMILES string of the molecule is CNCC1CNC(=O)N(Cc2ccc(C)cc2)C1. The number of hydrogen-bond acceptors (Lipinski definition) is 2. The zero-order chi connectivity index (χ0) is 13.0. The van der Waals surface area contributed by atoms with Crippen LogP contribution in [0.4, 0.5) is 4.79 Å². The molecular formula is C14H21N3O. The molecule has 1 aliphatic heterocycles. The van der Waals surface area contributed by atoms with Crippen LogP contribution in [0.15, 0.2) is 24.3 Å². The summed E-state index contributed by atoms with van der Waals surface area (Å²) >= 11 is 0. The number of nitrogens with zero attached hydrogens (tertiary/aromatic N) is 1. The Kier molecular flexibility index (Phi) is 4.20. The van der Waals surface area contributed by atoms with E-state index in [4.69, 9.17) is 0 Å². The average Bonchev–Trinajstić information content (AvgIpc) is 2.36. The summed E-state index contributed by atoms with van der Waals surface area (Å²) in [6.07, 6.45) is 0. The minimum Gasteiger partial charge on any atom is -0.338 e. The van der Waals surface area contributed by atoms with Crippen LogP contribution in [0.2, 0.25) is 0 Å². The number of carbonyl (C=O) groups is 1. The van der Waals surface area contributed by atoms with Crippen molar-refractivity contribution in [3.63, 3.8) is 0 Å². The lowest BCUT2D eigenvalue weighted by atomic mass is 10.1. The highest BCUT2D eigenvalue weighted by Crippen LogP contribution is 2.12. The van der Waals surface area contributed by atoms with Gasteiger partial charge in [0.2, 0.25) is 0 Å². The molecule has 0 saturated carbocycles. The van der Waals surface area contributed by atoms with Gasteiger partial charge < -0.3 is 15.5 Å². The summed E-state index contributed by atoms with van der Waals surface area (Å²) in [5.74, 6) is 0.484. The molecule has 18 heavy (non-hydrogen) atoms. The third-order valence-electron chi connectivity index (χ3n) is 3.29. The first-order valence-electron chi connectivity index (χ1n) is 6.42. The fraction of sp³-hybridized carbons (Fsp3) is 0.500. The van der Waals surface area contributed by atoms with E-state index in [-0.39, 0.29) is 6.03 Å². The van der Waals surface area contributed by atoms with Crippen molar-refractivity contribution in [1.29, 1.82) is 0 Å². The van der Waals surface area contributed by atoms with Crippen LogP contribution in [0.3, 0.4) is 0 Å². The fourth-order valence-corrected chi connectivity index (χ4v) is 2.28. The maximum Gasteiger partial charge on any atom is 0.317 e. The van der Waals surface area contributed by atoms with E-state index in [2.05, 4.69) is 41.8 Å². The summed E-state index contributed by atoms with van der Waals surface area (Å²) in [6.45, 7) is 5.28. The number of hydrogen-bond donors (Lipinski definition) is 2. The zero-order valence-corrected chi connectivity index (χ0v) is 11.1. The third kappa shape index (κ3) is 3.23. The predicted molar refractivity (Wildman–Crippen MR) is 72.4 cm³/mol. The molecule has 4 nitrogen and oxygen atoms in total. The minimum absolute atomic E-state index is 0.0444. The highest BCUT2D eigenvalue weighted by Gasteiger charge is 2.24. The van der Waals surface area contributed by atoms with Gasteiger partial charge in [-0.3, -0.25) is 0 Å². The van der Waals surface area contributed by atoms with Crippen LogP contribution < -0.4 is 10.6 Å². The number of carbonyl (C=O) groups excluding carboxylic acids is 1. The van der Waals surface area contributed by atoms with E-state index in [0.29, 0.717) is 12.5 Å². The van der Waals surface area contributed by atoms with Gasteiger partial charge in [0.05, 0.1) is 0 Å². The number of urea groups is 1. The van der Waals surface area contributed by atoms with Crippen molar-refractivity contribution < 1.29 is 4.79 Å². The summed E-state index contributed by atoms with van der Waals surface area (Å²) in [6, 6.07) is 8.39. The van der Waals surface area contributed by atoms with E-state index >= 15 is 0 Å². The summed E-state index contributed by atoms with van der Waals surface area (Å²) in [5, 5.41) is 6.11. The Bertz CT molecular complexity index is 402. The highest BCUT2D eigenvalue weighted by molar-refractivity contribution is 5.75. The monoisotopic (exact) mass is 247 g/mol. The van der Waals surface area contributed by atoms with Gasteiger partial charge in [-0.1, -0.05) is 29.8 Å². The summed E-state index contributed by atoms with van der Waals surface area (Å²) < 4.78 is 0. The van der Waals surface area contributed by atoms with E-state index in [9.17, 15) is 4.79 Å². The molecule has 1 atom stereocenters. The van der Waals surface area contributed by atoms with Crippen LogP contribution in [0, 0.1) is 12.8 Å². The number of nitrogens with one attached hydrogen (secondary N) is 2. The number of benzene rings is 1. The predicted octanol–water partition coefficient (Wildman–Crippen LogP) is 1.36. The van der Waals surface area contributed by atoms with Crippen molar-refractivity contribution in [2.24, 2.45) is 5.92 Å². The molecule has 1 saturated heterocycles. The van der Waals surface area contributed by atoms with Gasteiger partial charge in [0.15, 0.2) is 0 Å². The van der Waals surface area contributed by atoms with Crippen LogP contribution in [0.5, 0.6) is 0 Å². The number of amides is 2. The molecule has 2 N–H and O–H groups in total. The van der Waals surface area contributed by atoms with Gasteiger partial charge in [-0.2, -0.15) is 0 Å². The molecule has 1 aromatic carbocycles. The maximum absolute atomic E-state index is 11.8. The van der Waals surface area contributed by atoms with Gasteiger partial charge in [0.1, 0.15) is 0 Å². The first-order chi connectivity index (χ1) is 8.69. The molecule has 1 aromatic rings. The van der Waals surface area contributed by atoms with Crippen LogP contribution in [-0.2, 0) is 6.54 Å². The van der Waals surface area contributed by atoms with Crippen molar-refractivity contribution in [1.82, 2.24) is 15.5 Å².